The normalized spacial score (nSPS) is 16.1. The Morgan fingerprint density at radius 1 is 1.19 bits per heavy atom. The number of aromatic nitrogens is 2. The number of ether oxygens (including phenoxy) is 1. The van der Waals surface area contributed by atoms with Gasteiger partial charge >= 0.3 is 0 Å². The van der Waals surface area contributed by atoms with Crippen LogP contribution in [-0.2, 0) is 16.4 Å². The summed E-state index contributed by atoms with van der Waals surface area (Å²) >= 11 is 0. The van der Waals surface area contributed by atoms with Crippen molar-refractivity contribution >= 4 is 10.0 Å². The molecule has 0 aliphatic heterocycles. The first-order valence-electron chi connectivity index (χ1n) is 8.93. The van der Waals surface area contributed by atoms with Gasteiger partial charge in [-0.15, -0.1) is 0 Å². The Balaban J connectivity index is 1.60. The van der Waals surface area contributed by atoms with Gasteiger partial charge in [0.15, 0.2) is 5.82 Å². The summed E-state index contributed by atoms with van der Waals surface area (Å²) in [5.41, 5.74) is 0. The van der Waals surface area contributed by atoms with Gasteiger partial charge in [0, 0.05) is 25.9 Å². The van der Waals surface area contributed by atoms with Gasteiger partial charge in [0.25, 0.3) is 0 Å². The highest BCUT2D eigenvalue weighted by molar-refractivity contribution is 7.89. The molecule has 0 atom stereocenters. The van der Waals surface area contributed by atoms with Crippen LogP contribution in [0.4, 0.5) is 0 Å². The number of hydrogen-bond donors (Lipinski definition) is 0. The Labute approximate surface area is 154 Å². The average Bonchev–Trinajstić information content (AvgIpc) is 3.16. The smallest absolute Gasteiger partial charge is 0.242 e. The SMILES string of the molecule is COc1ccc(S(=O)(=O)N(C)CCc2noc(C3CCCCC3)n2)cc1. The van der Waals surface area contributed by atoms with Crippen LogP contribution in [0.25, 0.3) is 0 Å². The summed E-state index contributed by atoms with van der Waals surface area (Å²) in [6.45, 7) is 0.290. The van der Waals surface area contributed by atoms with Crippen molar-refractivity contribution in [1.29, 1.82) is 0 Å². The molecule has 3 rings (SSSR count). The standard InChI is InChI=1S/C18H25N3O4S/c1-21(26(22,23)16-10-8-15(24-2)9-11-16)13-12-17-19-18(25-20-17)14-6-4-3-5-7-14/h8-11,14H,3-7,12-13H2,1-2H3. The molecule has 0 radical (unpaired) electrons. The fraction of sp³-hybridized carbons (Fsp3) is 0.556. The fourth-order valence-electron chi connectivity index (χ4n) is 3.19. The summed E-state index contributed by atoms with van der Waals surface area (Å²) in [6.07, 6.45) is 6.27. The Kier molecular flexibility index (Phi) is 5.93. The Hall–Kier alpha value is -1.93. The molecule has 0 amide bonds. The third kappa shape index (κ3) is 4.24. The average molecular weight is 379 g/mol. The van der Waals surface area contributed by atoms with E-state index < -0.39 is 10.0 Å². The molecule has 7 nitrogen and oxygen atoms in total. The van der Waals surface area contributed by atoms with E-state index in [1.807, 2.05) is 0 Å². The van der Waals surface area contributed by atoms with Crippen LogP contribution in [0.3, 0.4) is 0 Å². The van der Waals surface area contributed by atoms with Crippen molar-refractivity contribution in [3.8, 4) is 5.75 Å². The van der Waals surface area contributed by atoms with Crippen LogP contribution in [0.2, 0.25) is 0 Å². The lowest BCUT2D eigenvalue weighted by Gasteiger charge is -2.17. The molecule has 1 fully saturated rings. The molecular formula is C18H25N3O4S. The third-order valence-corrected chi connectivity index (χ3v) is 6.73. The van der Waals surface area contributed by atoms with Crippen molar-refractivity contribution in [2.75, 3.05) is 20.7 Å². The number of nitrogens with zero attached hydrogens (tertiary/aromatic N) is 3. The second kappa shape index (κ2) is 8.18. The molecular weight excluding hydrogens is 354 g/mol. The second-order valence-corrected chi connectivity index (χ2v) is 8.68. The zero-order valence-electron chi connectivity index (χ0n) is 15.2. The molecule has 142 valence electrons. The van der Waals surface area contributed by atoms with E-state index in [9.17, 15) is 8.42 Å². The number of likely N-dealkylation sites (N-methyl/N-ethyl adjacent to an activating group) is 1. The molecule has 1 saturated carbocycles. The van der Waals surface area contributed by atoms with Gasteiger partial charge in [0.2, 0.25) is 15.9 Å². The maximum absolute atomic E-state index is 12.6. The summed E-state index contributed by atoms with van der Waals surface area (Å²) in [5.74, 6) is 2.22. The van der Waals surface area contributed by atoms with Crippen LogP contribution in [0.1, 0.15) is 49.7 Å². The van der Waals surface area contributed by atoms with Crippen LogP contribution in [0, 0.1) is 0 Å². The van der Waals surface area contributed by atoms with Gasteiger partial charge in [-0.1, -0.05) is 24.4 Å². The number of rotatable bonds is 7. The summed E-state index contributed by atoms with van der Waals surface area (Å²) < 4.78 is 37.0. The molecule has 8 heteroatoms. The van der Waals surface area contributed by atoms with E-state index in [0.29, 0.717) is 29.8 Å². The highest BCUT2D eigenvalue weighted by Crippen LogP contribution is 2.31. The van der Waals surface area contributed by atoms with E-state index >= 15 is 0 Å². The van der Waals surface area contributed by atoms with Crippen molar-refractivity contribution in [3.63, 3.8) is 0 Å². The molecule has 1 aromatic heterocycles. The van der Waals surface area contributed by atoms with E-state index in [1.54, 1.807) is 38.4 Å². The molecule has 2 aromatic rings. The molecule has 26 heavy (non-hydrogen) atoms. The first-order chi connectivity index (χ1) is 12.5. The summed E-state index contributed by atoms with van der Waals surface area (Å²) in [7, 11) is -0.455. The van der Waals surface area contributed by atoms with E-state index in [1.165, 1.54) is 23.6 Å². The van der Waals surface area contributed by atoms with Gasteiger partial charge in [-0.3, -0.25) is 0 Å². The van der Waals surface area contributed by atoms with Crippen LogP contribution in [-0.4, -0.2) is 43.6 Å². The van der Waals surface area contributed by atoms with E-state index in [2.05, 4.69) is 10.1 Å². The lowest BCUT2D eigenvalue weighted by atomic mass is 9.89. The molecule has 1 aromatic carbocycles. The maximum Gasteiger partial charge on any atom is 0.242 e. The van der Waals surface area contributed by atoms with Gasteiger partial charge in [0.1, 0.15) is 5.75 Å². The monoisotopic (exact) mass is 379 g/mol. The first-order valence-corrected chi connectivity index (χ1v) is 10.4. The van der Waals surface area contributed by atoms with E-state index in [4.69, 9.17) is 9.26 Å². The third-order valence-electron chi connectivity index (χ3n) is 4.86. The minimum absolute atomic E-state index is 0.233. The molecule has 1 aliphatic rings. The second-order valence-electron chi connectivity index (χ2n) is 6.64. The van der Waals surface area contributed by atoms with Gasteiger partial charge in [-0.2, -0.15) is 4.98 Å². The number of benzene rings is 1. The zero-order chi connectivity index (χ0) is 18.6. The predicted molar refractivity (Wildman–Crippen MR) is 96.6 cm³/mol. The predicted octanol–water partition coefficient (Wildman–Crippen LogP) is 2.99. The van der Waals surface area contributed by atoms with Crippen molar-refractivity contribution in [2.45, 2.75) is 49.3 Å². The Bertz CT molecular complexity index is 811. The van der Waals surface area contributed by atoms with E-state index in [0.717, 1.165) is 12.8 Å². The number of sulfonamides is 1. The van der Waals surface area contributed by atoms with E-state index in [-0.39, 0.29) is 11.4 Å². The van der Waals surface area contributed by atoms with Gasteiger partial charge < -0.3 is 9.26 Å². The molecule has 0 spiro atoms. The molecule has 0 saturated heterocycles. The summed E-state index contributed by atoms with van der Waals surface area (Å²) in [6, 6.07) is 6.35. The van der Waals surface area contributed by atoms with Gasteiger partial charge in [-0.25, -0.2) is 12.7 Å². The highest BCUT2D eigenvalue weighted by atomic mass is 32.2. The van der Waals surface area contributed by atoms with Crippen LogP contribution < -0.4 is 4.74 Å². The first kappa shape index (κ1) is 18.8. The largest absolute Gasteiger partial charge is 0.497 e. The zero-order valence-corrected chi connectivity index (χ0v) is 16.0. The lowest BCUT2D eigenvalue weighted by molar-refractivity contribution is 0.311. The minimum Gasteiger partial charge on any atom is -0.497 e. The maximum atomic E-state index is 12.6. The number of hydrogen-bond acceptors (Lipinski definition) is 6. The lowest BCUT2D eigenvalue weighted by Crippen LogP contribution is -2.29. The highest BCUT2D eigenvalue weighted by Gasteiger charge is 2.23. The molecule has 0 unspecified atom stereocenters. The van der Waals surface area contributed by atoms with Crippen molar-refractivity contribution in [1.82, 2.24) is 14.4 Å². The summed E-state index contributed by atoms with van der Waals surface area (Å²) in [5, 5.41) is 4.02. The Morgan fingerprint density at radius 3 is 2.54 bits per heavy atom. The van der Waals surface area contributed by atoms with Crippen LogP contribution in [0.15, 0.2) is 33.7 Å². The fourth-order valence-corrected chi connectivity index (χ4v) is 4.36. The quantitative estimate of drug-likeness (QED) is 0.735. The summed E-state index contributed by atoms with van der Waals surface area (Å²) in [4.78, 5) is 4.70. The van der Waals surface area contributed by atoms with Gasteiger partial charge in [0.05, 0.1) is 12.0 Å². The van der Waals surface area contributed by atoms with Gasteiger partial charge in [-0.05, 0) is 37.1 Å². The number of methoxy groups -OCH3 is 1. The molecule has 1 aliphatic carbocycles. The Morgan fingerprint density at radius 2 is 1.88 bits per heavy atom. The van der Waals surface area contributed by atoms with Crippen LogP contribution >= 0.6 is 0 Å². The van der Waals surface area contributed by atoms with Crippen molar-refractivity contribution in [3.05, 3.63) is 36.0 Å². The molecule has 1 heterocycles. The minimum atomic E-state index is -3.56. The topological polar surface area (TPSA) is 85.5 Å². The molecule has 0 N–H and O–H groups in total. The van der Waals surface area contributed by atoms with Crippen molar-refractivity contribution < 1.29 is 17.7 Å². The van der Waals surface area contributed by atoms with Crippen molar-refractivity contribution in [2.24, 2.45) is 0 Å². The van der Waals surface area contributed by atoms with Crippen LogP contribution in [0.5, 0.6) is 5.75 Å². The molecule has 0 bridgehead atoms.